The molecule has 3 heterocycles. The third-order valence-corrected chi connectivity index (χ3v) is 4.34. The van der Waals surface area contributed by atoms with Crippen LogP contribution in [0.3, 0.4) is 0 Å². The number of aromatic nitrogens is 1. The Morgan fingerprint density at radius 2 is 2.04 bits per heavy atom. The Hall–Kier alpha value is -2.60. The van der Waals surface area contributed by atoms with E-state index in [0.717, 1.165) is 42.2 Å². The fourth-order valence-electron chi connectivity index (χ4n) is 3.09. The SMILES string of the molecule is O=C(Nc1cccc2c1CCO2)c1cc(N2CCOCC2)ccn1. The van der Waals surface area contributed by atoms with Crippen LogP contribution in [0.4, 0.5) is 11.4 Å². The number of nitrogens with zero attached hydrogens (tertiary/aromatic N) is 2. The van der Waals surface area contributed by atoms with Gasteiger partial charge in [-0.05, 0) is 24.3 Å². The Morgan fingerprint density at radius 1 is 1.17 bits per heavy atom. The number of morpholine rings is 1. The molecule has 0 saturated carbocycles. The summed E-state index contributed by atoms with van der Waals surface area (Å²) in [4.78, 5) is 19.0. The maximum atomic E-state index is 12.6. The normalized spacial score (nSPS) is 16.4. The van der Waals surface area contributed by atoms with Gasteiger partial charge in [0.25, 0.3) is 5.91 Å². The molecule has 0 aliphatic carbocycles. The number of carbonyl (C=O) groups is 1. The van der Waals surface area contributed by atoms with Crippen LogP contribution < -0.4 is 15.0 Å². The van der Waals surface area contributed by atoms with Crippen molar-refractivity contribution in [2.24, 2.45) is 0 Å². The molecule has 1 saturated heterocycles. The van der Waals surface area contributed by atoms with Gasteiger partial charge in [0.15, 0.2) is 0 Å². The second-order valence-electron chi connectivity index (χ2n) is 5.83. The number of ether oxygens (including phenoxy) is 2. The molecule has 6 heteroatoms. The predicted octanol–water partition coefficient (Wildman–Crippen LogP) is 2.11. The maximum Gasteiger partial charge on any atom is 0.274 e. The summed E-state index contributed by atoms with van der Waals surface area (Å²) in [6.07, 6.45) is 2.49. The van der Waals surface area contributed by atoms with E-state index in [9.17, 15) is 4.79 Å². The maximum absolute atomic E-state index is 12.6. The molecule has 4 rings (SSSR count). The molecule has 1 fully saturated rings. The number of carbonyl (C=O) groups excluding carboxylic acids is 1. The van der Waals surface area contributed by atoms with Crippen molar-refractivity contribution in [2.45, 2.75) is 6.42 Å². The molecular weight excluding hydrogens is 306 g/mol. The third-order valence-electron chi connectivity index (χ3n) is 4.34. The van der Waals surface area contributed by atoms with Crippen molar-refractivity contribution in [2.75, 3.05) is 43.1 Å². The van der Waals surface area contributed by atoms with Crippen LogP contribution in [0.5, 0.6) is 5.75 Å². The van der Waals surface area contributed by atoms with Crippen molar-refractivity contribution >= 4 is 17.3 Å². The first-order valence-corrected chi connectivity index (χ1v) is 8.16. The second-order valence-corrected chi connectivity index (χ2v) is 5.83. The minimum Gasteiger partial charge on any atom is -0.493 e. The van der Waals surface area contributed by atoms with Gasteiger partial charge in [0, 0.05) is 42.6 Å². The van der Waals surface area contributed by atoms with Crippen LogP contribution in [0, 0.1) is 0 Å². The number of benzene rings is 1. The molecule has 6 nitrogen and oxygen atoms in total. The van der Waals surface area contributed by atoms with Gasteiger partial charge in [0.1, 0.15) is 11.4 Å². The number of fused-ring (bicyclic) bond motifs is 1. The average Bonchev–Trinajstić information content (AvgIpc) is 3.12. The molecule has 24 heavy (non-hydrogen) atoms. The Morgan fingerprint density at radius 3 is 2.92 bits per heavy atom. The van der Waals surface area contributed by atoms with Crippen LogP contribution in [0.1, 0.15) is 16.1 Å². The predicted molar refractivity (Wildman–Crippen MR) is 90.9 cm³/mol. The highest BCUT2D eigenvalue weighted by Gasteiger charge is 2.19. The first-order valence-electron chi connectivity index (χ1n) is 8.16. The van der Waals surface area contributed by atoms with Crippen molar-refractivity contribution in [3.8, 4) is 5.75 Å². The van der Waals surface area contributed by atoms with Crippen molar-refractivity contribution in [1.82, 2.24) is 4.98 Å². The first-order chi connectivity index (χ1) is 11.8. The zero-order valence-electron chi connectivity index (χ0n) is 13.3. The summed E-state index contributed by atoms with van der Waals surface area (Å²) in [5.74, 6) is 0.647. The number of nitrogens with one attached hydrogen (secondary N) is 1. The van der Waals surface area contributed by atoms with Crippen LogP contribution in [0.2, 0.25) is 0 Å². The van der Waals surface area contributed by atoms with E-state index in [1.807, 2.05) is 30.3 Å². The number of anilines is 2. The molecule has 2 aliphatic rings. The second kappa shape index (κ2) is 6.49. The van der Waals surface area contributed by atoms with Gasteiger partial charge in [0.2, 0.25) is 0 Å². The van der Waals surface area contributed by atoms with Crippen LogP contribution in [0.25, 0.3) is 0 Å². The summed E-state index contributed by atoms with van der Waals surface area (Å²) in [7, 11) is 0. The largest absolute Gasteiger partial charge is 0.493 e. The quantitative estimate of drug-likeness (QED) is 0.936. The molecule has 1 N–H and O–H groups in total. The molecule has 0 spiro atoms. The minimum absolute atomic E-state index is 0.203. The summed E-state index contributed by atoms with van der Waals surface area (Å²) in [6, 6.07) is 9.47. The lowest BCUT2D eigenvalue weighted by Crippen LogP contribution is -2.36. The van der Waals surface area contributed by atoms with Crippen molar-refractivity contribution < 1.29 is 14.3 Å². The topological polar surface area (TPSA) is 63.7 Å². The monoisotopic (exact) mass is 325 g/mol. The number of hydrogen-bond donors (Lipinski definition) is 1. The summed E-state index contributed by atoms with van der Waals surface area (Å²) in [5, 5.41) is 2.96. The summed E-state index contributed by atoms with van der Waals surface area (Å²) < 4.78 is 10.9. The van der Waals surface area contributed by atoms with Gasteiger partial charge in [0.05, 0.1) is 19.8 Å². The highest BCUT2D eigenvalue weighted by atomic mass is 16.5. The van der Waals surface area contributed by atoms with Crippen LogP contribution in [-0.2, 0) is 11.2 Å². The van der Waals surface area contributed by atoms with Gasteiger partial charge in [-0.1, -0.05) is 6.07 Å². The van der Waals surface area contributed by atoms with E-state index in [4.69, 9.17) is 9.47 Å². The number of pyridine rings is 1. The Bertz CT molecular complexity index is 757. The number of rotatable bonds is 3. The lowest BCUT2D eigenvalue weighted by atomic mass is 10.1. The molecule has 2 aliphatic heterocycles. The molecule has 124 valence electrons. The van der Waals surface area contributed by atoms with E-state index in [-0.39, 0.29) is 5.91 Å². The Labute approximate surface area is 140 Å². The minimum atomic E-state index is -0.203. The van der Waals surface area contributed by atoms with E-state index in [2.05, 4.69) is 15.2 Å². The smallest absolute Gasteiger partial charge is 0.274 e. The summed E-state index contributed by atoms with van der Waals surface area (Å²) >= 11 is 0. The van der Waals surface area contributed by atoms with Gasteiger partial charge in [-0.25, -0.2) is 0 Å². The molecule has 0 unspecified atom stereocenters. The Balaban J connectivity index is 1.53. The van der Waals surface area contributed by atoms with Gasteiger partial charge in [-0.2, -0.15) is 0 Å². The average molecular weight is 325 g/mol. The van der Waals surface area contributed by atoms with E-state index < -0.39 is 0 Å². The van der Waals surface area contributed by atoms with E-state index in [1.54, 1.807) is 6.20 Å². The van der Waals surface area contributed by atoms with Crippen LogP contribution in [-0.4, -0.2) is 43.8 Å². The van der Waals surface area contributed by atoms with Gasteiger partial charge in [-0.15, -0.1) is 0 Å². The molecule has 1 amide bonds. The fourth-order valence-corrected chi connectivity index (χ4v) is 3.09. The summed E-state index contributed by atoms with van der Waals surface area (Å²) in [6.45, 7) is 3.73. The molecule has 0 bridgehead atoms. The molecule has 2 aromatic rings. The van der Waals surface area contributed by atoms with Crippen molar-refractivity contribution in [3.63, 3.8) is 0 Å². The summed E-state index contributed by atoms with van der Waals surface area (Å²) in [5.41, 5.74) is 3.26. The zero-order valence-corrected chi connectivity index (χ0v) is 13.3. The highest BCUT2D eigenvalue weighted by molar-refractivity contribution is 6.04. The lowest BCUT2D eigenvalue weighted by Gasteiger charge is -2.28. The molecule has 0 radical (unpaired) electrons. The molecule has 1 aromatic heterocycles. The molecule has 0 atom stereocenters. The first kappa shape index (κ1) is 15.0. The van der Waals surface area contributed by atoms with Crippen molar-refractivity contribution in [3.05, 3.63) is 47.8 Å². The number of hydrogen-bond acceptors (Lipinski definition) is 5. The highest BCUT2D eigenvalue weighted by Crippen LogP contribution is 2.31. The van der Waals surface area contributed by atoms with Gasteiger partial charge >= 0.3 is 0 Å². The Kier molecular flexibility index (Phi) is 4.04. The number of amides is 1. The molecule has 1 aromatic carbocycles. The fraction of sp³-hybridized carbons (Fsp3) is 0.333. The van der Waals surface area contributed by atoms with Crippen LogP contribution in [0.15, 0.2) is 36.5 Å². The third kappa shape index (κ3) is 2.92. The van der Waals surface area contributed by atoms with E-state index in [0.29, 0.717) is 25.5 Å². The van der Waals surface area contributed by atoms with Gasteiger partial charge in [-0.3, -0.25) is 9.78 Å². The standard InChI is InChI=1S/C18H19N3O3/c22-18(20-15-2-1-3-17-14(15)5-9-24-17)16-12-13(4-6-19-16)21-7-10-23-11-8-21/h1-4,6,12H,5,7-11H2,(H,20,22). The van der Waals surface area contributed by atoms with E-state index in [1.165, 1.54) is 0 Å². The molecular formula is C18H19N3O3. The zero-order chi connectivity index (χ0) is 16.4. The van der Waals surface area contributed by atoms with E-state index >= 15 is 0 Å². The lowest BCUT2D eigenvalue weighted by molar-refractivity contribution is 0.102. The van der Waals surface area contributed by atoms with Gasteiger partial charge < -0.3 is 19.7 Å². The van der Waals surface area contributed by atoms with Crippen LogP contribution >= 0.6 is 0 Å². The van der Waals surface area contributed by atoms with Crippen molar-refractivity contribution in [1.29, 1.82) is 0 Å².